The van der Waals surface area contributed by atoms with Gasteiger partial charge in [-0.05, 0) is 73.9 Å². The van der Waals surface area contributed by atoms with Crippen LogP contribution in [0.3, 0.4) is 0 Å². The summed E-state index contributed by atoms with van der Waals surface area (Å²) in [4.78, 5) is 27.9. The molecule has 0 aliphatic heterocycles. The molecule has 0 radical (unpaired) electrons. The predicted molar refractivity (Wildman–Crippen MR) is 155 cm³/mol. The number of phenols is 1. The number of halogens is 1. The van der Waals surface area contributed by atoms with Gasteiger partial charge in [0.05, 0.1) is 11.2 Å². The third-order valence-electron chi connectivity index (χ3n) is 6.37. The molecule has 8 heteroatoms. The summed E-state index contributed by atoms with van der Waals surface area (Å²) in [5.74, 6) is -0.648. The van der Waals surface area contributed by atoms with Crippen LogP contribution in [0.15, 0.2) is 59.7 Å². The van der Waals surface area contributed by atoms with Gasteiger partial charge in [-0.15, -0.1) is 0 Å². The van der Waals surface area contributed by atoms with Crippen molar-refractivity contribution in [2.24, 2.45) is 5.10 Å². The smallest absolute Gasteiger partial charge is 0.271 e. The zero-order valence-electron chi connectivity index (χ0n) is 22.2. The lowest BCUT2D eigenvalue weighted by Gasteiger charge is -2.22. The van der Waals surface area contributed by atoms with Crippen LogP contribution in [0.5, 0.6) is 5.75 Å². The van der Waals surface area contributed by atoms with Crippen LogP contribution in [-0.2, 0) is 0 Å². The van der Waals surface area contributed by atoms with Gasteiger partial charge in [0.15, 0.2) is 0 Å². The van der Waals surface area contributed by atoms with Gasteiger partial charge in [-0.25, -0.2) is 5.43 Å². The highest BCUT2D eigenvalue weighted by Gasteiger charge is 2.12. The van der Waals surface area contributed by atoms with E-state index >= 15 is 0 Å². The molecule has 0 saturated carbocycles. The van der Waals surface area contributed by atoms with Crippen molar-refractivity contribution in [2.45, 2.75) is 46.0 Å². The van der Waals surface area contributed by atoms with Crippen LogP contribution in [0.2, 0.25) is 5.02 Å². The second-order valence-corrected chi connectivity index (χ2v) is 9.68. The van der Waals surface area contributed by atoms with E-state index in [1.165, 1.54) is 43.9 Å². The number of unbranched alkanes of at least 4 members (excludes halogenated alkanes) is 2. The average molecular weight is 537 g/mol. The molecule has 0 bridgehead atoms. The number of carbonyl (C=O) groups excluding carboxylic acids is 2. The molecule has 0 unspecified atom stereocenters. The summed E-state index contributed by atoms with van der Waals surface area (Å²) < 4.78 is 0. The summed E-state index contributed by atoms with van der Waals surface area (Å²) in [7, 11) is 0. The highest BCUT2D eigenvalue weighted by molar-refractivity contribution is 6.32. The number of rotatable bonds is 14. The molecule has 38 heavy (non-hydrogen) atoms. The van der Waals surface area contributed by atoms with Crippen molar-refractivity contribution >= 4 is 40.4 Å². The fourth-order valence-electron chi connectivity index (χ4n) is 4.20. The molecule has 3 N–H and O–H groups in total. The highest BCUT2D eigenvalue weighted by atomic mass is 35.5. The van der Waals surface area contributed by atoms with Crippen molar-refractivity contribution in [3.8, 4) is 5.75 Å². The van der Waals surface area contributed by atoms with E-state index in [4.69, 9.17) is 11.6 Å². The number of fused-ring (bicyclic) bond motifs is 1. The number of carbonyl (C=O) groups is 2. The summed E-state index contributed by atoms with van der Waals surface area (Å²) >= 11 is 5.88. The first-order chi connectivity index (χ1) is 18.4. The van der Waals surface area contributed by atoms with Crippen molar-refractivity contribution in [3.63, 3.8) is 0 Å². The van der Waals surface area contributed by atoms with Gasteiger partial charge in [0.25, 0.3) is 11.8 Å². The Morgan fingerprint density at radius 3 is 2.29 bits per heavy atom. The van der Waals surface area contributed by atoms with Crippen LogP contribution in [0.25, 0.3) is 10.8 Å². The summed E-state index contributed by atoms with van der Waals surface area (Å²) in [6.07, 6.45) is 7.23. The number of phenolic OH excluding ortho intramolecular Hbond substituents is 1. The van der Waals surface area contributed by atoms with Crippen LogP contribution >= 0.6 is 11.6 Å². The Labute approximate surface area is 229 Å². The number of nitrogens with one attached hydrogen (secondary N) is 2. The minimum atomic E-state index is -0.452. The fraction of sp³-hybridized carbons (Fsp3) is 0.367. The number of hydrazone groups is 1. The van der Waals surface area contributed by atoms with Gasteiger partial charge in [-0.3, -0.25) is 9.59 Å². The first-order valence-corrected chi connectivity index (χ1v) is 13.7. The van der Waals surface area contributed by atoms with Gasteiger partial charge in [-0.1, -0.05) is 68.6 Å². The van der Waals surface area contributed by atoms with E-state index in [2.05, 4.69) is 34.6 Å². The number of aromatic hydroxyl groups is 1. The Balaban J connectivity index is 1.62. The lowest BCUT2D eigenvalue weighted by molar-refractivity contribution is 0.0946. The number of nitrogens with zero attached hydrogens (tertiary/aromatic N) is 2. The predicted octanol–water partition coefficient (Wildman–Crippen LogP) is 5.98. The largest absolute Gasteiger partial charge is 0.506 e. The third kappa shape index (κ3) is 8.30. The molecule has 3 aromatic carbocycles. The van der Waals surface area contributed by atoms with Gasteiger partial charge in [0.1, 0.15) is 5.75 Å². The second kappa shape index (κ2) is 15.1. The van der Waals surface area contributed by atoms with Gasteiger partial charge in [0.2, 0.25) is 0 Å². The SMILES string of the molecule is CCCCN(CCCC)CCCNC(=O)c1ccc(C=NNC(=O)c2ccc(O)c(Cl)c2)c2ccccc12. The maximum Gasteiger partial charge on any atom is 0.271 e. The van der Waals surface area contributed by atoms with E-state index in [1.54, 1.807) is 12.3 Å². The molecule has 0 fully saturated rings. The Morgan fingerprint density at radius 1 is 0.921 bits per heavy atom. The van der Waals surface area contributed by atoms with E-state index in [1.807, 2.05) is 30.3 Å². The second-order valence-electron chi connectivity index (χ2n) is 9.27. The summed E-state index contributed by atoms with van der Waals surface area (Å²) in [5.41, 5.74) is 4.12. The molecule has 0 atom stereocenters. The number of amides is 2. The first kappa shape index (κ1) is 29.1. The molecule has 2 amide bonds. The first-order valence-electron chi connectivity index (χ1n) is 13.3. The van der Waals surface area contributed by atoms with E-state index in [0.29, 0.717) is 12.1 Å². The lowest BCUT2D eigenvalue weighted by Crippen LogP contribution is -2.31. The molecule has 0 aliphatic rings. The van der Waals surface area contributed by atoms with Crippen LogP contribution in [0.1, 0.15) is 72.2 Å². The summed E-state index contributed by atoms with van der Waals surface area (Å²) in [6, 6.07) is 15.4. The molecule has 0 aliphatic carbocycles. The summed E-state index contributed by atoms with van der Waals surface area (Å²) in [6.45, 7) is 8.26. The Hall–Kier alpha value is -3.42. The Morgan fingerprint density at radius 2 is 1.61 bits per heavy atom. The van der Waals surface area contributed by atoms with Crippen molar-refractivity contribution < 1.29 is 14.7 Å². The fourth-order valence-corrected chi connectivity index (χ4v) is 4.39. The molecule has 0 saturated heterocycles. The Bertz CT molecular complexity index is 1250. The zero-order valence-corrected chi connectivity index (χ0v) is 22.9. The molecule has 0 heterocycles. The van der Waals surface area contributed by atoms with Crippen LogP contribution in [0, 0.1) is 0 Å². The highest BCUT2D eigenvalue weighted by Crippen LogP contribution is 2.24. The quantitative estimate of drug-likeness (QED) is 0.134. The molecular weight excluding hydrogens is 500 g/mol. The molecule has 0 aromatic heterocycles. The van der Waals surface area contributed by atoms with Crippen LogP contribution in [-0.4, -0.2) is 54.2 Å². The number of hydrogen-bond donors (Lipinski definition) is 3. The topological polar surface area (TPSA) is 94.0 Å². The number of hydrogen-bond acceptors (Lipinski definition) is 5. The molecule has 7 nitrogen and oxygen atoms in total. The maximum absolute atomic E-state index is 13.0. The van der Waals surface area contributed by atoms with E-state index in [0.717, 1.165) is 42.4 Å². The van der Waals surface area contributed by atoms with E-state index in [-0.39, 0.29) is 22.2 Å². The molecule has 0 spiro atoms. The minimum Gasteiger partial charge on any atom is -0.506 e. The van der Waals surface area contributed by atoms with Crippen molar-refractivity contribution in [3.05, 3.63) is 76.3 Å². The average Bonchev–Trinajstić information content (AvgIpc) is 2.93. The van der Waals surface area contributed by atoms with E-state index < -0.39 is 5.91 Å². The zero-order chi connectivity index (χ0) is 27.3. The van der Waals surface area contributed by atoms with Gasteiger partial charge in [0, 0.05) is 23.2 Å². The summed E-state index contributed by atoms with van der Waals surface area (Å²) in [5, 5.41) is 18.4. The third-order valence-corrected chi connectivity index (χ3v) is 6.68. The van der Waals surface area contributed by atoms with E-state index in [9.17, 15) is 14.7 Å². The normalized spacial score (nSPS) is 11.4. The maximum atomic E-state index is 13.0. The van der Waals surface area contributed by atoms with Gasteiger partial charge in [-0.2, -0.15) is 5.10 Å². The van der Waals surface area contributed by atoms with Gasteiger partial charge < -0.3 is 15.3 Å². The molecule has 202 valence electrons. The van der Waals surface area contributed by atoms with Crippen molar-refractivity contribution in [2.75, 3.05) is 26.2 Å². The van der Waals surface area contributed by atoms with Crippen molar-refractivity contribution in [1.82, 2.24) is 15.6 Å². The molecule has 3 aromatic rings. The number of benzene rings is 3. The standard InChI is InChI=1S/C30H37ClN4O3/c1-3-5-17-35(18-6-4-2)19-9-16-32-30(38)26-14-12-23(24-10-7-8-11-25(24)26)21-33-34-29(37)22-13-15-28(36)27(31)20-22/h7-8,10-15,20-21,36H,3-6,9,16-19H2,1-2H3,(H,32,38)(H,34,37). The van der Waals surface area contributed by atoms with Crippen LogP contribution < -0.4 is 10.7 Å². The monoisotopic (exact) mass is 536 g/mol. The van der Waals surface area contributed by atoms with Gasteiger partial charge >= 0.3 is 0 Å². The lowest BCUT2D eigenvalue weighted by atomic mass is 9.99. The van der Waals surface area contributed by atoms with Crippen molar-refractivity contribution in [1.29, 1.82) is 0 Å². The Kier molecular flexibility index (Phi) is 11.6. The van der Waals surface area contributed by atoms with Crippen LogP contribution in [0.4, 0.5) is 0 Å². The molecular formula is C30H37ClN4O3. The molecule has 3 rings (SSSR count). The minimum absolute atomic E-state index is 0.0896.